The van der Waals surface area contributed by atoms with Crippen LogP contribution in [0.5, 0.6) is 0 Å². The minimum absolute atomic E-state index is 0.124. The van der Waals surface area contributed by atoms with Gasteiger partial charge in [0.1, 0.15) is 6.07 Å². The molecule has 96 valence electrons. The average molecular weight is 275 g/mol. The Hall–Kier alpha value is -1.74. The van der Waals surface area contributed by atoms with Crippen LogP contribution >= 0.6 is 11.6 Å². The van der Waals surface area contributed by atoms with E-state index in [4.69, 9.17) is 16.9 Å². The quantitative estimate of drug-likeness (QED) is 0.792. The van der Waals surface area contributed by atoms with E-state index >= 15 is 0 Å². The highest BCUT2D eigenvalue weighted by Crippen LogP contribution is 2.29. The Morgan fingerprint density at radius 3 is 2.83 bits per heavy atom. The Kier molecular flexibility index (Phi) is 4.98. The van der Waals surface area contributed by atoms with E-state index in [1.54, 1.807) is 6.92 Å². The molecular formula is C11H9ClF2N2O2. The molecule has 7 heteroatoms. The third kappa shape index (κ3) is 3.37. The zero-order chi connectivity index (χ0) is 13.7. The summed E-state index contributed by atoms with van der Waals surface area (Å²) in [4.78, 5) is 14.9. The molecule has 1 aromatic heterocycles. The standard InChI is InChI=1S/C11H9ClF2N2O2/c1-2-18-9(17)4-6-3-7(12)10(11(13)14)8(5-15)16-6/h3,11H,2,4H2,1H3. The molecule has 0 atom stereocenters. The van der Waals surface area contributed by atoms with Gasteiger partial charge >= 0.3 is 5.97 Å². The summed E-state index contributed by atoms with van der Waals surface area (Å²) in [6.45, 7) is 1.84. The summed E-state index contributed by atoms with van der Waals surface area (Å²) in [6.07, 6.45) is -3.11. The van der Waals surface area contributed by atoms with Crippen molar-refractivity contribution in [3.8, 4) is 6.07 Å². The van der Waals surface area contributed by atoms with E-state index in [0.29, 0.717) is 0 Å². The number of nitriles is 1. The zero-order valence-electron chi connectivity index (χ0n) is 9.41. The molecule has 1 heterocycles. The molecule has 0 N–H and O–H groups in total. The molecule has 1 rings (SSSR count). The maximum Gasteiger partial charge on any atom is 0.311 e. The lowest BCUT2D eigenvalue weighted by Crippen LogP contribution is -2.10. The number of alkyl halides is 2. The summed E-state index contributed by atoms with van der Waals surface area (Å²) in [6, 6.07) is 2.68. The van der Waals surface area contributed by atoms with Gasteiger partial charge in [-0.15, -0.1) is 0 Å². The molecule has 0 spiro atoms. The highest BCUT2D eigenvalue weighted by Gasteiger charge is 2.20. The highest BCUT2D eigenvalue weighted by molar-refractivity contribution is 6.31. The van der Waals surface area contributed by atoms with Gasteiger partial charge in [0.25, 0.3) is 6.43 Å². The predicted octanol–water partition coefficient (Wildman–Crippen LogP) is 2.65. The van der Waals surface area contributed by atoms with Crippen molar-refractivity contribution in [2.75, 3.05) is 6.61 Å². The van der Waals surface area contributed by atoms with Gasteiger partial charge in [0.05, 0.1) is 29.3 Å². The summed E-state index contributed by atoms with van der Waals surface area (Å²) in [5.74, 6) is -0.560. The van der Waals surface area contributed by atoms with Crippen molar-refractivity contribution in [1.82, 2.24) is 4.98 Å². The van der Waals surface area contributed by atoms with Gasteiger partial charge in [-0.05, 0) is 13.0 Å². The van der Waals surface area contributed by atoms with Gasteiger partial charge in [0.15, 0.2) is 5.69 Å². The predicted molar refractivity (Wildman–Crippen MR) is 59.3 cm³/mol. The molecule has 0 aromatic carbocycles. The van der Waals surface area contributed by atoms with E-state index in [2.05, 4.69) is 9.72 Å². The fraction of sp³-hybridized carbons (Fsp3) is 0.364. The first-order valence-corrected chi connectivity index (χ1v) is 5.40. The second-order valence-electron chi connectivity index (χ2n) is 3.25. The molecule has 18 heavy (non-hydrogen) atoms. The van der Waals surface area contributed by atoms with Crippen molar-refractivity contribution in [3.63, 3.8) is 0 Å². The number of ether oxygens (including phenoxy) is 1. The molecule has 0 bridgehead atoms. The number of carbonyl (C=O) groups excluding carboxylic acids is 1. The zero-order valence-corrected chi connectivity index (χ0v) is 10.2. The molecule has 0 aliphatic carbocycles. The largest absolute Gasteiger partial charge is 0.466 e. The van der Waals surface area contributed by atoms with Crippen LogP contribution in [0.3, 0.4) is 0 Å². The van der Waals surface area contributed by atoms with Crippen LogP contribution in [0.4, 0.5) is 8.78 Å². The minimum Gasteiger partial charge on any atom is -0.466 e. The molecule has 1 aromatic rings. The Balaban J connectivity index is 3.08. The van der Waals surface area contributed by atoms with Gasteiger partial charge in [-0.25, -0.2) is 13.8 Å². The van der Waals surface area contributed by atoms with Crippen molar-refractivity contribution in [3.05, 3.63) is 28.0 Å². The van der Waals surface area contributed by atoms with E-state index in [1.807, 2.05) is 0 Å². The fourth-order valence-electron chi connectivity index (χ4n) is 1.32. The van der Waals surface area contributed by atoms with Crippen LogP contribution in [0.1, 0.15) is 30.3 Å². The van der Waals surface area contributed by atoms with Crippen LogP contribution < -0.4 is 0 Å². The van der Waals surface area contributed by atoms with Gasteiger partial charge in [-0.2, -0.15) is 5.26 Å². The summed E-state index contributed by atoms with van der Waals surface area (Å²) >= 11 is 5.65. The third-order valence-electron chi connectivity index (χ3n) is 2.02. The van der Waals surface area contributed by atoms with Crippen molar-refractivity contribution < 1.29 is 18.3 Å². The normalized spacial score (nSPS) is 10.2. The summed E-state index contributed by atoms with van der Waals surface area (Å²) in [7, 11) is 0. The number of pyridine rings is 1. The average Bonchev–Trinajstić information content (AvgIpc) is 2.27. The van der Waals surface area contributed by atoms with Gasteiger partial charge in [-0.3, -0.25) is 4.79 Å². The van der Waals surface area contributed by atoms with E-state index in [-0.39, 0.29) is 23.7 Å². The molecule has 0 aliphatic rings. The van der Waals surface area contributed by atoms with Crippen LogP contribution in [0, 0.1) is 11.3 Å². The van der Waals surface area contributed by atoms with Crippen molar-refractivity contribution in [2.24, 2.45) is 0 Å². The lowest BCUT2D eigenvalue weighted by molar-refractivity contribution is -0.142. The molecule has 0 unspecified atom stereocenters. The topological polar surface area (TPSA) is 63.0 Å². The molecule has 4 nitrogen and oxygen atoms in total. The van der Waals surface area contributed by atoms with Crippen LogP contribution in [0.15, 0.2) is 6.07 Å². The Labute approximate surface area is 107 Å². The molecule has 0 aliphatic heterocycles. The number of hydrogen-bond acceptors (Lipinski definition) is 4. The number of rotatable bonds is 4. The van der Waals surface area contributed by atoms with Gasteiger partial charge < -0.3 is 4.74 Å². The second kappa shape index (κ2) is 6.26. The van der Waals surface area contributed by atoms with Crippen molar-refractivity contribution >= 4 is 17.6 Å². The summed E-state index contributed by atoms with van der Waals surface area (Å²) < 4.78 is 29.9. The van der Waals surface area contributed by atoms with Crippen LogP contribution in [0.25, 0.3) is 0 Å². The first-order valence-electron chi connectivity index (χ1n) is 5.02. The van der Waals surface area contributed by atoms with Gasteiger partial charge in [-0.1, -0.05) is 11.6 Å². The van der Waals surface area contributed by atoms with E-state index in [9.17, 15) is 13.6 Å². The lowest BCUT2D eigenvalue weighted by Gasteiger charge is -2.07. The SMILES string of the molecule is CCOC(=O)Cc1cc(Cl)c(C(F)F)c(C#N)n1. The van der Waals surface area contributed by atoms with Crippen LogP contribution in [-0.2, 0) is 16.0 Å². The number of aromatic nitrogens is 1. The number of esters is 1. The maximum absolute atomic E-state index is 12.6. The van der Waals surface area contributed by atoms with E-state index in [1.165, 1.54) is 6.07 Å². The Morgan fingerprint density at radius 1 is 1.67 bits per heavy atom. The number of halogens is 3. The second-order valence-corrected chi connectivity index (χ2v) is 3.66. The smallest absolute Gasteiger partial charge is 0.311 e. The van der Waals surface area contributed by atoms with Crippen LogP contribution in [0.2, 0.25) is 5.02 Å². The molecule has 0 saturated heterocycles. The molecule has 0 radical (unpaired) electrons. The first kappa shape index (κ1) is 14.3. The van der Waals surface area contributed by atoms with Gasteiger partial charge in [0, 0.05) is 0 Å². The maximum atomic E-state index is 12.6. The highest BCUT2D eigenvalue weighted by atomic mass is 35.5. The van der Waals surface area contributed by atoms with E-state index in [0.717, 1.165) is 6.07 Å². The first-order chi connectivity index (χ1) is 8.49. The lowest BCUT2D eigenvalue weighted by atomic mass is 10.1. The molecule has 0 fully saturated rings. The molecule has 0 saturated carbocycles. The number of nitrogens with zero attached hydrogens (tertiary/aromatic N) is 2. The van der Waals surface area contributed by atoms with E-state index < -0.39 is 23.7 Å². The summed E-state index contributed by atoms with van der Waals surface area (Å²) in [5.41, 5.74) is -0.969. The van der Waals surface area contributed by atoms with Gasteiger partial charge in [0.2, 0.25) is 0 Å². The Morgan fingerprint density at radius 2 is 2.33 bits per heavy atom. The van der Waals surface area contributed by atoms with Crippen LogP contribution in [-0.4, -0.2) is 17.6 Å². The summed E-state index contributed by atoms with van der Waals surface area (Å²) in [5, 5.41) is 8.45. The van der Waals surface area contributed by atoms with Crippen molar-refractivity contribution in [2.45, 2.75) is 19.8 Å². The monoisotopic (exact) mass is 274 g/mol. The number of hydrogen-bond donors (Lipinski definition) is 0. The minimum atomic E-state index is -2.89. The molecule has 0 amide bonds. The molecular weight excluding hydrogens is 266 g/mol. The fourth-order valence-corrected chi connectivity index (χ4v) is 1.61. The number of carbonyl (C=O) groups is 1. The van der Waals surface area contributed by atoms with Crippen molar-refractivity contribution in [1.29, 1.82) is 5.26 Å². The Bertz CT molecular complexity index is 501. The third-order valence-corrected chi connectivity index (χ3v) is 2.33.